The molecular formula is C35H24BrClN2O5. The van der Waals surface area contributed by atoms with Gasteiger partial charge in [0.15, 0.2) is 0 Å². The lowest BCUT2D eigenvalue weighted by molar-refractivity contribution is -0.122. The Bertz CT molecular complexity index is 1920. The van der Waals surface area contributed by atoms with E-state index in [0.29, 0.717) is 28.7 Å². The lowest BCUT2D eigenvalue weighted by Gasteiger charge is -2.26. The molecule has 1 N–H and O–H groups in total. The first-order chi connectivity index (χ1) is 21.4. The van der Waals surface area contributed by atoms with Crippen LogP contribution in [0.2, 0.25) is 5.02 Å². The Morgan fingerprint density at radius 1 is 0.795 bits per heavy atom. The fourth-order valence-corrected chi connectivity index (χ4v) is 5.27. The number of nitrogens with one attached hydrogen (secondary N) is 1. The number of fused-ring (bicyclic) bond motifs is 1. The van der Waals surface area contributed by atoms with Gasteiger partial charge in [0, 0.05) is 15.1 Å². The summed E-state index contributed by atoms with van der Waals surface area (Å²) >= 11 is 9.70. The van der Waals surface area contributed by atoms with Gasteiger partial charge in [-0.25, -0.2) is 9.69 Å². The van der Waals surface area contributed by atoms with Gasteiger partial charge in [0.25, 0.3) is 11.8 Å². The maximum Gasteiger partial charge on any atom is 0.335 e. The molecule has 0 saturated carbocycles. The van der Waals surface area contributed by atoms with Crippen LogP contribution in [0.1, 0.15) is 16.7 Å². The summed E-state index contributed by atoms with van der Waals surface area (Å²) in [5.74, 6) is -0.612. The van der Waals surface area contributed by atoms with Gasteiger partial charge in [0.1, 0.15) is 30.3 Å². The summed E-state index contributed by atoms with van der Waals surface area (Å²) < 4.78 is 13.0. The van der Waals surface area contributed by atoms with Crippen molar-refractivity contribution >= 4 is 67.9 Å². The Balaban J connectivity index is 1.22. The monoisotopic (exact) mass is 666 g/mol. The Kier molecular flexibility index (Phi) is 8.45. The zero-order valence-corrected chi connectivity index (χ0v) is 25.5. The summed E-state index contributed by atoms with van der Waals surface area (Å²) in [5, 5.41) is 4.80. The molecule has 0 atom stereocenters. The van der Waals surface area contributed by atoms with Crippen molar-refractivity contribution in [3.63, 3.8) is 0 Å². The summed E-state index contributed by atoms with van der Waals surface area (Å²) in [5.41, 5.74) is 2.42. The topological polar surface area (TPSA) is 84.9 Å². The van der Waals surface area contributed by atoms with Gasteiger partial charge in [0.2, 0.25) is 0 Å². The van der Waals surface area contributed by atoms with E-state index in [-0.39, 0.29) is 17.9 Å². The van der Waals surface area contributed by atoms with Gasteiger partial charge >= 0.3 is 6.03 Å². The van der Waals surface area contributed by atoms with E-state index in [9.17, 15) is 14.4 Å². The van der Waals surface area contributed by atoms with Crippen molar-refractivity contribution in [2.45, 2.75) is 13.2 Å². The molecule has 0 unspecified atom stereocenters. The van der Waals surface area contributed by atoms with Crippen LogP contribution < -0.4 is 19.7 Å². The predicted molar refractivity (Wildman–Crippen MR) is 174 cm³/mol. The Hall–Kier alpha value is -4.92. The third kappa shape index (κ3) is 6.37. The van der Waals surface area contributed by atoms with Crippen LogP contribution in [0, 0.1) is 0 Å². The number of hydrogen-bond acceptors (Lipinski definition) is 5. The molecule has 218 valence electrons. The van der Waals surface area contributed by atoms with Crippen LogP contribution in [0.4, 0.5) is 10.5 Å². The molecule has 9 heteroatoms. The summed E-state index contributed by atoms with van der Waals surface area (Å²) in [4.78, 5) is 40.1. The molecule has 6 rings (SSSR count). The summed E-state index contributed by atoms with van der Waals surface area (Å²) in [6, 6.07) is 32.3. The van der Waals surface area contributed by atoms with E-state index in [2.05, 4.69) is 21.2 Å². The van der Waals surface area contributed by atoms with Crippen LogP contribution >= 0.6 is 27.5 Å². The Morgan fingerprint density at radius 2 is 1.55 bits per heavy atom. The smallest absolute Gasteiger partial charge is 0.335 e. The van der Waals surface area contributed by atoms with E-state index in [0.717, 1.165) is 31.3 Å². The second-order valence-corrected chi connectivity index (χ2v) is 11.3. The zero-order valence-electron chi connectivity index (χ0n) is 23.1. The van der Waals surface area contributed by atoms with Gasteiger partial charge in [-0.05, 0) is 82.6 Å². The molecule has 0 radical (unpaired) electrons. The molecule has 0 aromatic heterocycles. The van der Waals surface area contributed by atoms with E-state index >= 15 is 0 Å². The Labute approximate surface area is 266 Å². The summed E-state index contributed by atoms with van der Waals surface area (Å²) in [7, 11) is 0. The van der Waals surface area contributed by atoms with E-state index in [1.807, 2.05) is 66.7 Å². The molecule has 7 nitrogen and oxygen atoms in total. The van der Waals surface area contributed by atoms with Gasteiger partial charge in [-0.1, -0.05) is 82.1 Å². The molecule has 0 bridgehead atoms. The minimum Gasteiger partial charge on any atom is -0.489 e. The second kappa shape index (κ2) is 12.8. The van der Waals surface area contributed by atoms with Gasteiger partial charge in [-0.2, -0.15) is 0 Å². The number of hydrogen-bond donors (Lipinski definition) is 1. The van der Waals surface area contributed by atoms with Crippen LogP contribution in [0.25, 0.3) is 16.8 Å². The van der Waals surface area contributed by atoms with Crippen LogP contribution in [-0.2, 0) is 22.8 Å². The van der Waals surface area contributed by atoms with Gasteiger partial charge in [0.05, 0.1) is 5.69 Å². The second-order valence-electron chi connectivity index (χ2n) is 9.98. The number of carbonyl (C=O) groups excluding carboxylic acids is 3. The van der Waals surface area contributed by atoms with Crippen molar-refractivity contribution in [1.29, 1.82) is 0 Å². The molecular weight excluding hydrogens is 644 g/mol. The fraction of sp³-hybridized carbons (Fsp3) is 0.0571. The number of urea groups is 1. The largest absolute Gasteiger partial charge is 0.489 e. The molecule has 0 spiro atoms. The van der Waals surface area contributed by atoms with Crippen molar-refractivity contribution in [3.05, 3.63) is 141 Å². The van der Waals surface area contributed by atoms with Crippen molar-refractivity contribution < 1.29 is 23.9 Å². The molecule has 4 amide bonds. The first kappa shape index (κ1) is 29.2. The quantitative estimate of drug-likeness (QED) is 0.134. The lowest BCUT2D eigenvalue weighted by atomic mass is 10.0. The SMILES string of the molecule is O=C1NC(=O)N(c2ccc(OCc3ccc(Br)cc3)cc2)C(=O)/C1=C/c1cc(Cl)ccc1OCc1cccc2ccccc12. The first-order valence-electron chi connectivity index (χ1n) is 13.6. The Morgan fingerprint density at radius 3 is 2.34 bits per heavy atom. The molecule has 1 aliphatic rings. The van der Waals surface area contributed by atoms with E-state index < -0.39 is 17.8 Å². The number of nitrogens with zero attached hydrogens (tertiary/aromatic N) is 1. The minimum absolute atomic E-state index is 0.238. The maximum atomic E-state index is 13.6. The summed E-state index contributed by atoms with van der Waals surface area (Å²) in [6.45, 7) is 0.599. The number of ether oxygens (including phenoxy) is 2. The average Bonchev–Trinajstić information content (AvgIpc) is 3.03. The van der Waals surface area contributed by atoms with E-state index in [1.54, 1.807) is 42.5 Å². The molecule has 5 aromatic rings. The van der Waals surface area contributed by atoms with Crippen molar-refractivity contribution in [2.75, 3.05) is 4.90 Å². The van der Waals surface area contributed by atoms with Crippen LogP contribution in [0.15, 0.2) is 119 Å². The van der Waals surface area contributed by atoms with Crippen LogP contribution in [0.3, 0.4) is 0 Å². The number of anilines is 1. The minimum atomic E-state index is -0.848. The highest BCUT2D eigenvalue weighted by atomic mass is 79.9. The summed E-state index contributed by atoms with van der Waals surface area (Å²) in [6.07, 6.45) is 1.39. The van der Waals surface area contributed by atoms with E-state index in [4.69, 9.17) is 21.1 Å². The van der Waals surface area contributed by atoms with E-state index in [1.165, 1.54) is 6.08 Å². The number of halogens is 2. The number of benzene rings is 5. The molecule has 44 heavy (non-hydrogen) atoms. The normalized spacial score (nSPS) is 14.2. The number of imide groups is 2. The highest BCUT2D eigenvalue weighted by Gasteiger charge is 2.37. The van der Waals surface area contributed by atoms with Gasteiger partial charge in [-0.15, -0.1) is 0 Å². The van der Waals surface area contributed by atoms with Gasteiger partial charge < -0.3 is 9.47 Å². The first-order valence-corrected chi connectivity index (χ1v) is 14.8. The molecule has 1 aliphatic heterocycles. The maximum absolute atomic E-state index is 13.6. The molecule has 1 saturated heterocycles. The molecule has 5 aromatic carbocycles. The zero-order chi connectivity index (χ0) is 30.6. The number of amides is 4. The third-order valence-corrected chi connectivity index (χ3v) is 7.81. The van der Waals surface area contributed by atoms with Crippen LogP contribution in [0.5, 0.6) is 11.5 Å². The molecule has 1 fully saturated rings. The van der Waals surface area contributed by atoms with Crippen molar-refractivity contribution in [3.8, 4) is 11.5 Å². The number of rotatable bonds is 8. The van der Waals surface area contributed by atoms with Crippen LogP contribution in [-0.4, -0.2) is 17.8 Å². The predicted octanol–water partition coefficient (Wildman–Crippen LogP) is 8.08. The fourth-order valence-electron chi connectivity index (χ4n) is 4.82. The average molecular weight is 668 g/mol. The lowest BCUT2D eigenvalue weighted by Crippen LogP contribution is -2.54. The highest BCUT2D eigenvalue weighted by molar-refractivity contribution is 9.10. The van der Waals surface area contributed by atoms with Crippen molar-refractivity contribution in [2.24, 2.45) is 0 Å². The molecule has 1 heterocycles. The van der Waals surface area contributed by atoms with Gasteiger partial charge in [-0.3, -0.25) is 14.9 Å². The molecule has 0 aliphatic carbocycles. The number of carbonyl (C=O) groups is 3. The number of barbiturate groups is 1. The third-order valence-electron chi connectivity index (χ3n) is 7.05. The standard InChI is InChI=1S/C35H24BrClN2O5/c36-26-10-8-22(9-11-26)20-43-29-15-13-28(14-16-29)39-34(41)31(33(40)38-35(39)42)19-25-18-27(37)12-17-32(25)44-21-24-6-3-5-23-4-1-2-7-30(23)24/h1-19H,20-21H2,(H,38,40,42)/b31-19+. The highest BCUT2D eigenvalue weighted by Crippen LogP contribution is 2.30. The van der Waals surface area contributed by atoms with Crippen molar-refractivity contribution in [1.82, 2.24) is 5.32 Å².